The SMILES string of the molecule is Cc1cc(Cl)ccc1OCC(=O)NCC(O)CO. The van der Waals surface area contributed by atoms with Gasteiger partial charge >= 0.3 is 0 Å². The van der Waals surface area contributed by atoms with Crippen LogP contribution in [0, 0.1) is 6.92 Å². The number of benzene rings is 1. The summed E-state index contributed by atoms with van der Waals surface area (Å²) >= 11 is 5.79. The van der Waals surface area contributed by atoms with Crippen LogP contribution >= 0.6 is 11.6 Å². The molecule has 6 heteroatoms. The molecule has 5 nitrogen and oxygen atoms in total. The van der Waals surface area contributed by atoms with E-state index in [4.69, 9.17) is 26.6 Å². The van der Waals surface area contributed by atoms with Crippen molar-refractivity contribution in [3.63, 3.8) is 0 Å². The summed E-state index contributed by atoms with van der Waals surface area (Å²) in [6.07, 6.45) is -0.953. The van der Waals surface area contributed by atoms with Crippen molar-refractivity contribution in [2.24, 2.45) is 0 Å². The van der Waals surface area contributed by atoms with E-state index in [0.29, 0.717) is 10.8 Å². The molecule has 0 saturated heterocycles. The van der Waals surface area contributed by atoms with Crippen LogP contribution in [0.5, 0.6) is 5.75 Å². The minimum absolute atomic E-state index is 0.00169. The van der Waals surface area contributed by atoms with Crippen LogP contribution in [-0.4, -0.2) is 42.0 Å². The fourth-order valence-corrected chi connectivity index (χ4v) is 1.49. The van der Waals surface area contributed by atoms with Crippen LogP contribution in [0.3, 0.4) is 0 Å². The van der Waals surface area contributed by atoms with Gasteiger partial charge in [-0.1, -0.05) is 11.6 Å². The number of carbonyl (C=O) groups excluding carboxylic acids is 1. The van der Waals surface area contributed by atoms with Crippen LogP contribution in [0.4, 0.5) is 0 Å². The maximum atomic E-state index is 11.4. The molecule has 0 aliphatic carbocycles. The maximum Gasteiger partial charge on any atom is 0.258 e. The van der Waals surface area contributed by atoms with Gasteiger partial charge in [-0.15, -0.1) is 0 Å². The van der Waals surface area contributed by atoms with E-state index < -0.39 is 12.7 Å². The molecule has 0 spiro atoms. The van der Waals surface area contributed by atoms with Crippen LogP contribution in [0.15, 0.2) is 18.2 Å². The van der Waals surface area contributed by atoms with Crippen molar-refractivity contribution in [1.29, 1.82) is 0 Å². The third kappa shape index (κ3) is 4.91. The van der Waals surface area contributed by atoms with E-state index in [0.717, 1.165) is 5.56 Å². The van der Waals surface area contributed by atoms with Gasteiger partial charge in [0.2, 0.25) is 0 Å². The fourth-order valence-electron chi connectivity index (χ4n) is 1.27. The van der Waals surface area contributed by atoms with Gasteiger partial charge in [0.25, 0.3) is 5.91 Å². The minimum atomic E-state index is -0.953. The lowest BCUT2D eigenvalue weighted by molar-refractivity contribution is -0.123. The van der Waals surface area contributed by atoms with Gasteiger partial charge in [0.15, 0.2) is 6.61 Å². The Morgan fingerprint density at radius 3 is 2.89 bits per heavy atom. The predicted octanol–water partition coefficient (Wildman–Crippen LogP) is 0.497. The Bertz CT molecular complexity index is 411. The van der Waals surface area contributed by atoms with Crippen LogP contribution in [-0.2, 0) is 4.79 Å². The molecule has 1 aromatic rings. The lowest BCUT2D eigenvalue weighted by Gasteiger charge is -2.11. The fraction of sp³-hybridized carbons (Fsp3) is 0.417. The first-order chi connectivity index (χ1) is 8.52. The molecule has 0 radical (unpaired) electrons. The second-order valence-electron chi connectivity index (χ2n) is 3.84. The Kier molecular flexibility index (Phi) is 5.91. The highest BCUT2D eigenvalue weighted by Gasteiger charge is 2.07. The summed E-state index contributed by atoms with van der Waals surface area (Å²) in [5.74, 6) is 0.217. The molecule has 100 valence electrons. The number of hydrogen-bond donors (Lipinski definition) is 3. The Balaban J connectivity index is 2.38. The van der Waals surface area contributed by atoms with Gasteiger partial charge in [-0.05, 0) is 30.7 Å². The maximum absolute atomic E-state index is 11.4. The van der Waals surface area contributed by atoms with Gasteiger partial charge in [0.1, 0.15) is 5.75 Å². The largest absolute Gasteiger partial charge is 0.484 e. The van der Waals surface area contributed by atoms with E-state index in [1.54, 1.807) is 18.2 Å². The molecule has 0 aliphatic rings. The van der Waals surface area contributed by atoms with Crippen molar-refractivity contribution in [2.45, 2.75) is 13.0 Å². The lowest BCUT2D eigenvalue weighted by atomic mass is 10.2. The molecule has 1 rings (SSSR count). The Morgan fingerprint density at radius 2 is 2.28 bits per heavy atom. The lowest BCUT2D eigenvalue weighted by Crippen LogP contribution is -2.36. The Labute approximate surface area is 110 Å². The zero-order chi connectivity index (χ0) is 13.5. The third-order valence-electron chi connectivity index (χ3n) is 2.24. The second kappa shape index (κ2) is 7.20. The number of ether oxygens (including phenoxy) is 1. The van der Waals surface area contributed by atoms with E-state index >= 15 is 0 Å². The number of nitrogens with one attached hydrogen (secondary N) is 1. The topological polar surface area (TPSA) is 78.8 Å². The van der Waals surface area contributed by atoms with E-state index in [1.807, 2.05) is 6.92 Å². The normalized spacial score (nSPS) is 12.0. The first-order valence-electron chi connectivity index (χ1n) is 5.47. The molecule has 3 N–H and O–H groups in total. The number of aliphatic hydroxyl groups is 2. The smallest absolute Gasteiger partial charge is 0.258 e. The molecule has 1 aromatic carbocycles. The summed E-state index contributed by atoms with van der Waals surface area (Å²) in [4.78, 5) is 11.4. The molecule has 0 heterocycles. The number of halogens is 1. The average Bonchev–Trinajstić information content (AvgIpc) is 2.34. The zero-order valence-electron chi connectivity index (χ0n) is 10.0. The molecule has 0 aliphatic heterocycles. The van der Waals surface area contributed by atoms with Crippen LogP contribution in [0.25, 0.3) is 0 Å². The summed E-state index contributed by atoms with van der Waals surface area (Å²) in [6.45, 7) is 1.28. The molecule has 1 unspecified atom stereocenters. The first-order valence-corrected chi connectivity index (χ1v) is 5.85. The number of carbonyl (C=O) groups is 1. The highest BCUT2D eigenvalue weighted by molar-refractivity contribution is 6.30. The molecule has 0 aromatic heterocycles. The van der Waals surface area contributed by atoms with E-state index in [2.05, 4.69) is 5.32 Å². The Hall–Kier alpha value is -1.30. The molecular weight excluding hydrogens is 258 g/mol. The molecular formula is C12H16ClNO4. The first kappa shape index (κ1) is 14.8. The van der Waals surface area contributed by atoms with Crippen molar-refractivity contribution in [3.05, 3.63) is 28.8 Å². The number of aliphatic hydroxyl groups excluding tert-OH is 2. The highest BCUT2D eigenvalue weighted by Crippen LogP contribution is 2.21. The number of hydrogen-bond acceptors (Lipinski definition) is 4. The summed E-state index contributed by atoms with van der Waals surface area (Å²) < 4.78 is 5.30. The third-order valence-corrected chi connectivity index (χ3v) is 2.48. The van der Waals surface area contributed by atoms with E-state index in [1.165, 1.54) is 0 Å². The van der Waals surface area contributed by atoms with Gasteiger partial charge in [-0.25, -0.2) is 0 Å². The quantitative estimate of drug-likeness (QED) is 0.705. The van der Waals surface area contributed by atoms with Crippen LogP contribution in [0.1, 0.15) is 5.56 Å². The summed E-state index contributed by atoms with van der Waals surface area (Å²) in [7, 11) is 0. The monoisotopic (exact) mass is 273 g/mol. The molecule has 0 saturated carbocycles. The average molecular weight is 274 g/mol. The highest BCUT2D eigenvalue weighted by atomic mass is 35.5. The van der Waals surface area contributed by atoms with Gasteiger partial charge in [-0.2, -0.15) is 0 Å². The summed E-state index contributed by atoms with van der Waals surface area (Å²) in [5.41, 5.74) is 0.839. The standard InChI is InChI=1S/C12H16ClNO4/c1-8-4-9(13)2-3-11(8)18-7-12(17)14-5-10(16)6-15/h2-4,10,15-16H,5-7H2,1H3,(H,14,17). The Morgan fingerprint density at radius 1 is 1.56 bits per heavy atom. The zero-order valence-corrected chi connectivity index (χ0v) is 10.8. The molecule has 1 amide bonds. The van der Waals surface area contributed by atoms with Crippen LogP contribution in [0.2, 0.25) is 5.02 Å². The van der Waals surface area contributed by atoms with E-state index in [9.17, 15) is 4.79 Å². The van der Waals surface area contributed by atoms with Crippen molar-refractivity contribution in [1.82, 2.24) is 5.32 Å². The predicted molar refractivity (Wildman–Crippen MR) is 67.8 cm³/mol. The van der Waals surface area contributed by atoms with Crippen molar-refractivity contribution in [3.8, 4) is 5.75 Å². The second-order valence-corrected chi connectivity index (χ2v) is 4.28. The molecule has 1 atom stereocenters. The summed E-state index contributed by atoms with van der Waals surface area (Å²) in [6, 6.07) is 5.11. The van der Waals surface area contributed by atoms with Gasteiger partial charge in [0.05, 0.1) is 12.7 Å². The summed E-state index contributed by atoms with van der Waals surface area (Å²) in [5, 5.41) is 20.7. The van der Waals surface area contributed by atoms with Gasteiger partial charge < -0.3 is 20.3 Å². The molecule has 18 heavy (non-hydrogen) atoms. The van der Waals surface area contributed by atoms with Gasteiger partial charge in [0, 0.05) is 11.6 Å². The molecule has 0 fully saturated rings. The van der Waals surface area contributed by atoms with Crippen LogP contribution < -0.4 is 10.1 Å². The number of amides is 1. The van der Waals surface area contributed by atoms with Crippen molar-refractivity contribution in [2.75, 3.05) is 19.8 Å². The number of aryl methyl sites for hydroxylation is 1. The number of rotatable bonds is 6. The van der Waals surface area contributed by atoms with Crippen molar-refractivity contribution < 1.29 is 19.7 Å². The van der Waals surface area contributed by atoms with Crippen molar-refractivity contribution >= 4 is 17.5 Å². The van der Waals surface area contributed by atoms with E-state index in [-0.39, 0.29) is 19.1 Å². The minimum Gasteiger partial charge on any atom is -0.484 e. The van der Waals surface area contributed by atoms with Gasteiger partial charge in [-0.3, -0.25) is 4.79 Å². The molecule has 0 bridgehead atoms.